The number of methoxy groups -OCH3 is 1. The van der Waals surface area contributed by atoms with Crippen LogP contribution in [0.2, 0.25) is 5.15 Å². The summed E-state index contributed by atoms with van der Waals surface area (Å²) in [6, 6.07) is 15.8. The molecule has 3 heterocycles. The summed E-state index contributed by atoms with van der Waals surface area (Å²) in [5.41, 5.74) is 1.84. The lowest BCUT2D eigenvalue weighted by molar-refractivity contribution is 0.0506. The molecule has 2 aromatic heterocycles. The number of likely N-dealkylation sites (tertiary alicyclic amines) is 1. The number of hydrogen-bond donors (Lipinski definition) is 1. The fourth-order valence-electron chi connectivity index (χ4n) is 5.72. The van der Waals surface area contributed by atoms with Crippen molar-refractivity contribution in [3.63, 3.8) is 0 Å². The molecule has 4 unspecified atom stereocenters. The lowest BCUT2D eigenvalue weighted by atomic mass is 9.94. The fraction of sp³-hybridized carbons (Fsp3) is 0.367. The predicted octanol–water partition coefficient (Wildman–Crippen LogP) is 6.00. The third-order valence-electron chi connectivity index (χ3n) is 7.73. The zero-order chi connectivity index (χ0) is 26.6. The van der Waals surface area contributed by atoms with Crippen molar-refractivity contribution in [2.45, 2.75) is 44.4 Å². The largest absolute Gasteiger partial charge is 0.497 e. The third kappa shape index (κ3) is 5.06. The number of nitrogens with zero attached hydrogens (tertiary/aromatic N) is 4. The molecule has 198 valence electrons. The number of allylic oxidation sites excluding steroid dienone is 1. The normalized spacial score (nSPS) is 19.5. The molecule has 1 aliphatic rings. The Balaban J connectivity index is 1.63. The molecule has 1 saturated heterocycles. The van der Waals surface area contributed by atoms with Gasteiger partial charge < -0.3 is 14.6 Å². The maximum atomic E-state index is 10.1. The Morgan fingerprint density at radius 3 is 2.74 bits per heavy atom. The van der Waals surface area contributed by atoms with Crippen molar-refractivity contribution >= 4 is 33.3 Å². The Morgan fingerprint density at radius 1 is 1.16 bits per heavy atom. The Labute approximate surface area is 228 Å². The first-order chi connectivity index (χ1) is 18.5. The molecule has 0 amide bonds. The van der Waals surface area contributed by atoms with Gasteiger partial charge in [-0.2, -0.15) is 0 Å². The van der Waals surface area contributed by atoms with Crippen molar-refractivity contribution in [1.29, 1.82) is 0 Å². The maximum absolute atomic E-state index is 10.1. The molecule has 0 bridgehead atoms. The molecule has 1 fully saturated rings. The van der Waals surface area contributed by atoms with E-state index in [9.17, 15) is 5.11 Å². The molecule has 2 aromatic carbocycles. The van der Waals surface area contributed by atoms with E-state index in [-0.39, 0.29) is 24.6 Å². The van der Waals surface area contributed by atoms with Gasteiger partial charge in [-0.1, -0.05) is 35.9 Å². The molecule has 1 N–H and O–H groups in total. The van der Waals surface area contributed by atoms with E-state index in [2.05, 4.69) is 33.6 Å². The minimum Gasteiger partial charge on any atom is -0.497 e. The summed E-state index contributed by atoms with van der Waals surface area (Å²) in [5.74, 6) is 1.39. The molecule has 4 atom stereocenters. The van der Waals surface area contributed by atoms with Crippen LogP contribution >= 0.6 is 11.6 Å². The first kappa shape index (κ1) is 26.4. The highest BCUT2D eigenvalue weighted by atomic mass is 35.5. The number of halogens is 1. The fourth-order valence-corrected chi connectivity index (χ4v) is 5.93. The number of fused-ring (bicyclic) bond motifs is 2. The molecule has 0 saturated carbocycles. The maximum Gasteiger partial charge on any atom is 0.242 e. The highest BCUT2D eigenvalue weighted by Gasteiger charge is 2.40. The van der Waals surface area contributed by atoms with Gasteiger partial charge in [-0.15, -0.1) is 16.8 Å². The number of aliphatic hydroxyl groups is 1. The summed E-state index contributed by atoms with van der Waals surface area (Å²) < 4.78 is 12.4. The second-order valence-corrected chi connectivity index (χ2v) is 10.2. The van der Waals surface area contributed by atoms with Crippen molar-refractivity contribution in [2.75, 3.05) is 20.3 Å². The Hall–Kier alpha value is -3.26. The van der Waals surface area contributed by atoms with Crippen LogP contribution in [0.3, 0.4) is 0 Å². The molecule has 1 aliphatic heterocycles. The average molecular weight is 533 g/mol. The Morgan fingerprint density at radius 2 is 1.97 bits per heavy atom. The highest BCUT2D eigenvalue weighted by Crippen LogP contribution is 2.39. The lowest BCUT2D eigenvalue weighted by Crippen LogP contribution is -2.44. The van der Waals surface area contributed by atoms with Gasteiger partial charge in [0.05, 0.1) is 12.6 Å². The summed E-state index contributed by atoms with van der Waals surface area (Å²) in [6.07, 6.45) is 6.11. The number of rotatable bonds is 10. The summed E-state index contributed by atoms with van der Waals surface area (Å²) in [6.45, 7) is 7.14. The number of hydrogen-bond acceptors (Lipinski definition) is 7. The monoisotopic (exact) mass is 532 g/mol. The quantitative estimate of drug-likeness (QED) is 0.251. The lowest BCUT2D eigenvalue weighted by Gasteiger charge is -2.37. The van der Waals surface area contributed by atoms with E-state index in [1.165, 1.54) is 0 Å². The van der Waals surface area contributed by atoms with Gasteiger partial charge in [0.25, 0.3) is 0 Å². The second-order valence-electron chi connectivity index (χ2n) is 9.81. The summed E-state index contributed by atoms with van der Waals surface area (Å²) >= 11 is 6.37. The number of aromatic nitrogens is 3. The van der Waals surface area contributed by atoms with Gasteiger partial charge >= 0.3 is 0 Å². The van der Waals surface area contributed by atoms with Gasteiger partial charge in [-0.25, -0.2) is 0 Å². The minimum absolute atomic E-state index is 0.0468. The van der Waals surface area contributed by atoms with Gasteiger partial charge in [0.15, 0.2) is 5.15 Å². The Bertz CT molecular complexity index is 1430. The Kier molecular flexibility index (Phi) is 8.07. The molecule has 5 rings (SSSR count). The van der Waals surface area contributed by atoms with Gasteiger partial charge in [-0.3, -0.25) is 9.88 Å². The number of aliphatic hydroxyl groups excluding tert-OH is 1. The van der Waals surface area contributed by atoms with Crippen molar-refractivity contribution in [1.82, 2.24) is 20.1 Å². The number of benzene rings is 2. The summed E-state index contributed by atoms with van der Waals surface area (Å²) in [7, 11) is 1.66. The van der Waals surface area contributed by atoms with Crippen molar-refractivity contribution < 1.29 is 14.6 Å². The van der Waals surface area contributed by atoms with Gasteiger partial charge in [0.1, 0.15) is 11.9 Å². The van der Waals surface area contributed by atoms with E-state index in [1.54, 1.807) is 7.11 Å². The number of ether oxygens (including phenoxy) is 2. The van der Waals surface area contributed by atoms with E-state index >= 15 is 0 Å². The van der Waals surface area contributed by atoms with Crippen molar-refractivity contribution in [2.24, 2.45) is 5.92 Å². The molecule has 0 aliphatic carbocycles. The summed E-state index contributed by atoms with van der Waals surface area (Å²) in [4.78, 5) is 7.06. The number of pyridine rings is 1. The van der Waals surface area contributed by atoms with Crippen LogP contribution in [-0.4, -0.2) is 57.5 Å². The van der Waals surface area contributed by atoms with E-state index < -0.39 is 6.10 Å². The first-order valence-corrected chi connectivity index (χ1v) is 13.4. The van der Waals surface area contributed by atoms with Crippen LogP contribution < -0.4 is 9.47 Å². The van der Waals surface area contributed by atoms with Crippen LogP contribution in [0, 0.1) is 5.92 Å². The third-order valence-corrected chi connectivity index (χ3v) is 8.01. The SMILES string of the molecule is C=CCCC1C(CO)CCN1C(C)C(Oc1nnc(Cl)c2ccccc12)c1ccnc2ccc(OC)cc12. The van der Waals surface area contributed by atoms with Crippen LogP contribution in [0.5, 0.6) is 11.6 Å². The topological polar surface area (TPSA) is 80.6 Å². The molecular formula is C30H33ClN4O3. The van der Waals surface area contributed by atoms with E-state index in [0.717, 1.165) is 58.8 Å². The van der Waals surface area contributed by atoms with Gasteiger partial charge in [0.2, 0.25) is 5.88 Å². The molecule has 8 heteroatoms. The van der Waals surface area contributed by atoms with Crippen LogP contribution in [-0.2, 0) is 0 Å². The molecule has 4 aromatic rings. The highest BCUT2D eigenvalue weighted by molar-refractivity contribution is 6.34. The predicted molar refractivity (Wildman–Crippen MR) is 151 cm³/mol. The smallest absolute Gasteiger partial charge is 0.242 e. The van der Waals surface area contributed by atoms with Gasteiger partial charge in [-0.05, 0) is 69.0 Å². The van der Waals surface area contributed by atoms with Gasteiger partial charge in [0, 0.05) is 46.6 Å². The van der Waals surface area contributed by atoms with E-state index in [1.807, 2.05) is 60.8 Å². The molecular weight excluding hydrogens is 500 g/mol. The molecule has 7 nitrogen and oxygen atoms in total. The van der Waals surface area contributed by atoms with Crippen LogP contribution in [0.15, 0.2) is 67.4 Å². The van der Waals surface area contributed by atoms with Crippen molar-refractivity contribution in [3.05, 3.63) is 78.1 Å². The average Bonchev–Trinajstić information content (AvgIpc) is 3.38. The van der Waals surface area contributed by atoms with Crippen LogP contribution in [0.1, 0.15) is 37.9 Å². The molecule has 38 heavy (non-hydrogen) atoms. The second kappa shape index (κ2) is 11.6. The minimum atomic E-state index is -0.407. The molecule has 0 spiro atoms. The standard InChI is InChI=1S/C30H33ClN4O3/c1-4-5-10-27-20(18-36)14-16-35(27)19(2)28(22-13-15-32-26-12-11-21(37-3)17-25(22)26)38-30-24-9-7-6-8-23(24)29(31)33-34-30/h4,6-9,11-13,15,17,19-20,27-28,36H,1,5,10,14,16,18H2,2-3H3. The van der Waals surface area contributed by atoms with E-state index in [4.69, 9.17) is 21.1 Å². The van der Waals surface area contributed by atoms with Crippen LogP contribution in [0.25, 0.3) is 21.7 Å². The summed E-state index contributed by atoms with van der Waals surface area (Å²) in [5, 5.41) is 21.6. The first-order valence-electron chi connectivity index (χ1n) is 13.0. The van der Waals surface area contributed by atoms with Crippen molar-refractivity contribution in [3.8, 4) is 11.6 Å². The van der Waals surface area contributed by atoms with E-state index in [0.29, 0.717) is 11.0 Å². The molecule has 0 radical (unpaired) electrons. The zero-order valence-electron chi connectivity index (χ0n) is 21.8. The zero-order valence-corrected chi connectivity index (χ0v) is 22.5. The van der Waals surface area contributed by atoms with Crippen LogP contribution in [0.4, 0.5) is 0 Å².